The summed E-state index contributed by atoms with van der Waals surface area (Å²) >= 11 is 0. The average Bonchev–Trinajstić information content (AvgIpc) is 3.12. The molecule has 0 spiro atoms. The minimum Gasteiger partial charge on any atom is -0.371 e. The van der Waals surface area contributed by atoms with Gasteiger partial charge in [-0.25, -0.2) is 13.6 Å². The summed E-state index contributed by atoms with van der Waals surface area (Å²) in [5.74, 6) is -0.524. The van der Waals surface area contributed by atoms with Crippen LogP contribution in [0.5, 0.6) is 0 Å². The van der Waals surface area contributed by atoms with Gasteiger partial charge in [-0.05, 0) is 38.2 Å². The number of urea groups is 1. The van der Waals surface area contributed by atoms with Crippen molar-refractivity contribution in [3.8, 4) is 0 Å². The Labute approximate surface area is 146 Å². The van der Waals surface area contributed by atoms with E-state index in [0.717, 1.165) is 12.0 Å². The first-order chi connectivity index (χ1) is 12.1. The number of pyridine rings is 1. The lowest BCUT2D eigenvalue weighted by molar-refractivity contribution is 0.0501. The molecule has 25 heavy (non-hydrogen) atoms. The van der Waals surface area contributed by atoms with E-state index in [2.05, 4.69) is 10.3 Å². The highest BCUT2D eigenvalue weighted by Gasteiger charge is 2.36. The van der Waals surface area contributed by atoms with Gasteiger partial charge in [0.25, 0.3) is 0 Å². The molecule has 0 unspecified atom stereocenters. The van der Waals surface area contributed by atoms with E-state index >= 15 is 0 Å². The predicted molar refractivity (Wildman–Crippen MR) is 89.4 cm³/mol. The van der Waals surface area contributed by atoms with Gasteiger partial charge >= 0.3 is 6.03 Å². The largest absolute Gasteiger partial charge is 0.371 e. The Bertz CT molecular complexity index is 565. The smallest absolute Gasteiger partial charge is 0.317 e. The number of alkyl halides is 2. The fourth-order valence-corrected chi connectivity index (χ4v) is 3.78. The number of aromatic nitrogens is 1. The first-order valence-electron chi connectivity index (χ1n) is 8.89. The summed E-state index contributed by atoms with van der Waals surface area (Å²) in [5, 5.41) is 3.00. The molecule has 2 fully saturated rings. The molecule has 0 bridgehead atoms. The molecule has 1 aliphatic heterocycles. The normalized spacial score (nSPS) is 29.6. The van der Waals surface area contributed by atoms with E-state index in [4.69, 9.17) is 4.74 Å². The monoisotopic (exact) mass is 353 g/mol. The topological polar surface area (TPSA) is 54.5 Å². The summed E-state index contributed by atoms with van der Waals surface area (Å²) in [4.78, 5) is 18.4. The summed E-state index contributed by atoms with van der Waals surface area (Å²) in [6, 6.07) is 3.57. The molecule has 5 nitrogen and oxygen atoms in total. The van der Waals surface area contributed by atoms with E-state index in [1.54, 1.807) is 24.3 Å². The van der Waals surface area contributed by atoms with Crippen LogP contribution in [0, 0.1) is 5.92 Å². The number of halogens is 2. The van der Waals surface area contributed by atoms with Crippen LogP contribution < -0.4 is 5.32 Å². The van der Waals surface area contributed by atoms with E-state index in [1.165, 1.54) is 0 Å². The Morgan fingerprint density at radius 1 is 1.32 bits per heavy atom. The van der Waals surface area contributed by atoms with E-state index in [1.807, 2.05) is 12.1 Å². The van der Waals surface area contributed by atoms with Crippen molar-refractivity contribution in [2.45, 2.75) is 56.7 Å². The molecule has 7 heteroatoms. The number of nitrogens with zero attached hydrogens (tertiary/aromatic N) is 2. The molecule has 2 atom stereocenters. The lowest BCUT2D eigenvalue weighted by atomic mass is 9.86. The fraction of sp³-hybridized carbons (Fsp3) is 0.667. The summed E-state index contributed by atoms with van der Waals surface area (Å²) in [5.41, 5.74) is 0.960. The van der Waals surface area contributed by atoms with Gasteiger partial charge in [0, 0.05) is 43.6 Å². The third-order valence-electron chi connectivity index (χ3n) is 5.35. The number of rotatable bonds is 4. The SMILES string of the molecule is CN(C(=O)NC1CCC(C(F)F)CC1)[C@H]1CCO[C@@H]1c1cccnc1. The van der Waals surface area contributed by atoms with Crippen molar-refractivity contribution in [3.63, 3.8) is 0 Å². The second-order valence-electron chi connectivity index (χ2n) is 6.94. The lowest BCUT2D eigenvalue weighted by Gasteiger charge is -2.33. The average molecular weight is 353 g/mol. The van der Waals surface area contributed by atoms with Gasteiger partial charge < -0.3 is 15.0 Å². The van der Waals surface area contributed by atoms with Crippen LogP contribution in [0.1, 0.15) is 43.8 Å². The highest BCUT2D eigenvalue weighted by atomic mass is 19.3. The van der Waals surface area contributed by atoms with Crippen LogP contribution in [0.2, 0.25) is 0 Å². The van der Waals surface area contributed by atoms with Crippen molar-refractivity contribution in [2.24, 2.45) is 5.92 Å². The summed E-state index contributed by atoms with van der Waals surface area (Å²) < 4.78 is 31.3. The molecule has 0 aromatic carbocycles. The predicted octanol–water partition coefficient (Wildman–Crippen LogP) is 3.38. The van der Waals surface area contributed by atoms with E-state index < -0.39 is 12.3 Å². The number of carbonyl (C=O) groups excluding carboxylic acids is 1. The summed E-state index contributed by atoms with van der Waals surface area (Å²) in [6.45, 7) is 0.599. The van der Waals surface area contributed by atoms with E-state index in [9.17, 15) is 13.6 Å². The maximum absolute atomic E-state index is 12.7. The van der Waals surface area contributed by atoms with Crippen LogP contribution in [0.4, 0.5) is 13.6 Å². The number of hydrogen-bond donors (Lipinski definition) is 1. The molecular formula is C18H25F2N3O2. The molecule has 3 rings (SSSR count). The number of ether oxygens (including phenoxy) is 1. The number of hydrogen-bond acceptors (Lipinski definition) is 3. The van der Waals surface area contributed by atoms with Gasteiger partial charge in [-0.1, -0.05) is 6.07 Å². The summed E-state index contributed by atoms with van der Waals surface area (Å²) in [6.07, 6.45) is 3.97. The molecule has 0 radical (unpaired) electrons. The van der Waals surface area contributed by atoms with Crippen LogP contribution in [0.25, 0.3) is 0 Å². The lowest BCUT2D eigenvalue weighted by Crippen LogP contribution is -2.49. The zero-order valence-electron chi connectivity index (χ0n) is 14.4. The third-order valence-corrected chi connectivity index (χ3v) is 5.35. The number of amides is 2. The molecule has 138 valence electrons. The van der Waals surface area contributed by atoms with Crippen molar-refractivity contribution in [2.75, 3.05) is 13.7 Å². The Balaban J connectivity index is 1.55. The molecule has 1 aliphatic carbocycles. The van der Waals surface area contributed by atoms with Crippen LogP contribution in [0.15, 0.2) is 24.5 Å². The second-order valence-corrected chi connectivity index (χ2v) is 6.94. The number of carbonyl (C=O) groups is 1. The number of nitrogens with one attached hydrogen (secondary N) is 1. The first kappa shape index (κ1) is 18.0. The highest BCUT2D eigenvalue weighted by Crippen LogP contribution is 2.32. The van der Waals surface area contributed by atoms with Gasteiger partial charge in [0.15, 0.2) is 0 Å². The van der Waals surface area contributed by atoms with Gasteiger partial charge in [-0.2, -0.15) is 0 Å². The Morgan fingerprint density at radius 3 is 2.72 bits per heavy atom. The Kier molecular flexibility index (Phi) is 5.83. The molecule has 2 amide bonds. The van der Waals surface area contributed by atoms with Crippen molar-refractivity contribution in [1.82, 2.24) is 15.2 Å². The van der Waals surface area contributed by atoms with Crippen molar-refractivity contribution >= 4 is 6.03 Å². The maximum Gasteiger partial charge on any atom is 0.317 e. The first-order valence-corrected chi connectivity index (χ1v) is 8.89. The van der Waals surface area contributed by atoms with Crippen molar-refractivity contribution < 1.29 is 18.3 Å². The molecule has 2 aliphatic rings. The zero-order chi connectivity index (χ0) is 17.8. The minimum atomic E-state index is -2.25. The molecule has 1 N–H and O–H groups in total. The maximum atomic E-state index is 12.7. The van der Waals surface area contributed by atoms with Crippen molar-refractivity contribution in [1.29, 1.82) is 0 Å². The van der Waals surface area contributed by atoms with Crippen molar-refractivity contribution in [3.05, 3.63) is 30.1 Å². The van der Waals surface area contributed by atoms with Crippen LogP contribution in [0.3, 0.4) is 0 Å². The van der Waals surface area contributed by atoms with Crippen LogP contribution in [-0.4, -0.2) is 48.1 Å². The number of likely N-dealkylation sites (N-methyl/N-ethyl adjacent to an activating group) is 1. The quantitative estimate of drug-likeness (QED) is 0.903. The fourth-order valence-electron chi connectivity index (χ4n) is 3.78. The van der Waals surface area contributed by atoms with Gasteiger partial charge in [0.05, 0.1) is 6.04 Å². The molecule has 1 aromatic rings. The molecule has 1 saturated heterocycles. The minimum absolute atomic E-state index is 0.0240. The zero-order valence-corrected chi connectivity index (χ0v) is 14.4. The highest BCUT2D eigenvalue weighted by molar-refractivity contribution is 5.74. The van der Waals surface area contributed by atoms with E-state index in [-0.39, 0.29) is 24.2 Å². The van der Waals surface area contributed by atoms with Crippen LogP contribution in [-0.2, 0) is 4.74 Å². The Morgan fingerprint density at radius 2 is 2.08 bits per heavy atom. The molecule has 1 aromatic heterocycles. The van der Waals surface area contributed by atoms with Gasteiger partial charge in [0.1, 0.15) is 6.10 Å². The van der Waals surface area contributed by atoms with Crippen LogP contribution >= 0.6 is 0 Å². The Hall–Kier alpha value is -1.76. The standard InChI is InChI=1S/C18H25F2N3O2/c1-23(15-8-10-25-16(15)13-3-2-9-21-11-13)18(24)22-14-6-4-12(5-7-14)17(19)20/h2-3,9,11-12,14-17H,4-8,10H2,1H3,(H,22,24)/t12?,14?,15-,16+/m0/s1. The summed E-state index contributed by atoms with van der Waals surface area (Å²) in [7, 11) is 1.77. The molecule has 1 saturated carbocycles. The molecule has 2 heterocycles. The molecular weight excluding hydrogens is 328 g/mol. The second kappa shape index (κ2) is 8.08. The van der Waals surface area contributed by atoms with Gasteiger partial charge in [-0.3, -0.25) is 4.98 Å². The van der Waals surface area contributed by atoms with Gasteiger partial charge in [0.2, 0.25) is 6.43 Å². The van der Waals surface area contributed by atoms with E-state index in [0.29, 0.717) is 32.3 Å². The third kappa shape index (κ3) is 4.26. The van der Waals surface area contributed by atoms with Gasteiger partial charge in [-0.15, -0.1) is 0 Å².